The van der Waals surface area contributed by atoms with Crippen molar-refractivity contribution in [2.75, 3.05) is 0 Å². The summed E-state index contributed by atoms with van der Waals surface area (Å²) in [7, 11) is -3.41. The highest BCUT2D eigenvalue weighted by Gasteiger charge is 2.26. The molecule has 6 heteroatoms. The maximum Gasteiger partial charge on any atom is 0.242 e. The molecule has 0 aliphatic rings. The SMILES string of the molecule is CCC(C)(C)NS(=O)(=O)c1cc(Br)sc1C. The predicted octanol–water partition coefficient (Wildman–Crippen LogP) is 3.29. The van der Waals surface area contributed by atoms with Gasteiger partial charge in [0.05, 0.1) is 8.68 Å². The number of hydrogen-bond acceptors (Lipinski definition) is 3. The second kappa shape index (κ2) is 4.76. The molecule has 0 spiro atoms. The molecule has 0 aliphatic heterocycles. The number of hydrogen-bond donors (Lipinski definition) is 1. The van der Waals surface area contributed by atoms with Crippen molar-refractivity contribution < 1.29 is 8.42 Å². The van der Waals surface area contributed by atoms with Crippen molar-refractivity contribution in [1.29, 1.82) is 0 Å². The van der Waals surface area contributed by atoms with Gasteiger partial charge in [0, 0.05) is 10.4 Å². The summed E-state index contributed by atoms with van der Waals surface area (Å²) >= 11 is 4.73. The van der Waals surface area contributed by atoms with E-state index in [2.05, 4.69) is 20.7 Å². The highest BCUT2D eigenvalue weighted by Crippen LogP contribution is 2.30. The Balaban J connectivity index is 3.09. The van der Waals surface area contributed by atoms with E-state index in [1.165, 1.54) is 11.3 Å². The molecule has 0 atom stereocenters. The first kappa shape index (κ1) is 14.2. The van der Waals surface area contributed by atoms with Gasteiger partial charge in [0.15, 0.2) is 0 Å². The van der Waals surface area contributed by atoms with Gasteiger partial charge in [-0.05, 0) is 49.2 Å². The van der Waals surface area contributed by atoms with Gasteiger partial charge in [-0.25, -0.2) is 13.1 Å². The van der Waals surface area contributed by atoms with Gasteiger partial charge in [-0.15, -0.1) is 11.3 Å². The Kier molecular flexibility index (Phi) is 4.21. The van der Waals surface area contributed by atoms with E-state index in [1.54, 1.807) is 6.07 Å². The number of sulfonamides is 1. The Hall–Kier alpha value is 0.0900. The minimum Gasteiger partial charge on any atom is -0.207 e. The van der Waals surface area contributed by atoms with Crippen molar-refractivity contribution in [3.63, 3.8) is 0 Å². The first-order valence-electron chi connectivity index (χ1n) is 4.98. The van der Waals surface area contributed by atoms with Crippen LogP contribution in [0, 0.1) is 6.92 Å². The Morgan fingerprint density at radius 2 is 2.06 bits per heavy atom. The molecule has 1 heterocycles. The third-order valence-corrected chi connectivity index (χ3v) is 5.93. The zero-order valence-electron chi connectivity index (χ0n) is 9.80. The lowest BCUT2D eigenvalue weighted by atomic mass is 10.0. The van der Waals surface area contributed by atoms with E-state index in [-0.39, 0.29) is 0 Å². The maximum atomic E-state index is 12.1. The van der Waals surface area contributed by atoms with Crippen LogP contribution in [0.25, 0.3) is 0 Å². The first-order valence-corrected chi connectivity index (χ1v) is 8.07. The molecule has 16 heavy (non-hydrogen) atoms. The third-order valence-electron chi connectivity index (χ3n) is 2.43. The van der Waals surface area contributed by atoms with E-state index in [0.29, 0.717) is 4.90 Å². The van der Waals surface area contributed by atoms with Gasteiger partial charge in [0.2, 0.25) is 10.0 Å². The number of rotatable bonds is 4. The summed E-state index contributed by atoms with van der Waals surface area (Å²) in [6.07, 6.45) is 0.747. The second-order valence-corrected chi connectivity index (χ2v) is 8.60. The van der Waals surface area contributed by atoms with Crippen molar-refractivity contribution in [3.8, 4) is 0 Å². The van der Waals surface area contributed by atoms with E-state index < -0.39 is 15.6 Å². The van der Waals surface area contributed by atoms with Crippen LogP contribution in [0.4, 0.5) is 0 Å². The van der Waals surface area contributed by atoms with Crippen LogP contribution in [-0.4, -0.2) is 14.0 Å². The van der Waals surface area contributed by atoms with Gasteiger partial charge < -0.3 is 0 Å². The minimum atomic E-state index is -3.41. The Morgan fingerprint density at radius 1 is 1.50 bits per heavy atom. The molecule has 0 unspecified atom stereocenters. The van der Waals surface area contributed by atoms with Crippen LogP contribution >= 0.6 is 27.3 Å². The molecule has 3 nitrogen and oxygen atoms in total. The summed E-state index contributed by atoms with van der Waals surface area (Å²) < 4.78 is 27.8. The molecule has 1 aromatic rings. The van der Waals surface area contributed by atoms with Crippen molar-refractivity contribution >= 4 is 37.3 Å². The van der Waals surface area contributed by atoms with Crippen molar-refractivity contribution in [2.24, 2.45) is 0 Å². The van der Waals surface area contributed by atoms with Gasteiger partial charge in [-0.1, -0.05) is 6.92 Å². The first-order chi connectivity index (χ1) is 7.18. The second-order valence-electron chi connectivity index (χ2n) is 4.31. The molecule has 0 saturated carbocycles. The monoisotopic (exact) mass is 325 g/mol. The molecule has 0 aliphatic carbocycles. The van der Waals surface area contributed by atoms with Crippen molar-refractivity contribution in [2.45, 2.75) is 44.6 Å². The fourth-order valence-electron chi connectivity index (χ4n) is 1.19. The quantitative estimate of drug-likeness (QED) is 0.923. The van der Waals surface area contributed by atoms with Gasteiger partial charge in [-0.3, -0.25) is 0 Å². The van der Waals surface area contributed by atoms with Crippen molar-refractivity contribution in [1.82, 2.24) is 4.72 Å². The third kappa shape index (κ3) is 3.29. The topological polar surface area (TPSA) is 46.2 Å². The van der Waals surface area contributed by atoms with Crippen LogP contribution in [0.1, 0.15) is 32.1 Å². The van der Waals surface area contributed by atoms with E-state index in [4.69, 9.17) is 0 Å². The van der Waals surface area contributed by atoms with Crippen LogP contribution in [0.2, 0.25) is 0 Å². The maximum absolute atomic E-state index is 12.1. The Bertz CT molecular complexity index is 477. The summed E-state index contributed by atoms with van der Waals surface area (Å²) in [6.45, 7) is 7.52. The molecular weight excluding hydrogens is 310 g/mol. The number of thiophene rings is 1. The molecule has 92 valence electrons. The molecule has 0 amide bonds. The highest BCUT2D eigenvalue weighted by atomic mass is 79.9. The van der Waals surface area contributed by atoms with Gasteiger partial charge >= 0.3 is 0 Å². The van der Waals surface area contributed by atoms with E-state index in [9.17, 15) is 8.42 Å². The summed E-state index contributed by atoms with van der Waals surface area (Å²) in [5, 5.41) is 0. The van der Waals surface area contributed by atoms with Crippen LogP contribution in [0.3, 0.4) is 0 Å². The van der Waals surface area contributed by atoms with Gasteiger partial charge in [-0.2, -0.15) is 0 Å². The van der Waals surface area contributed by atoms with Crippen LogP contribution in [0.5, 0.6) is 0 Å². The zero-order chi connectivity index (χ0) is 12.6. The number of nitrogens with one attached hydrogen (secondary N) is 1. The van der Waals surface area contributed by atoms with Gasteiger partial charge in [0.1, 0.15) is 0 Å². The molecule has 1 aromatic heterocycles. The molecule has 1 N–H and O–H groups in total. The standard InChI is InChI=1S/C10H16BrNO2S2/c1-5-10(3,4)12-16(13,14)8-6-9(11)15-7(8)2/h6,12H,5H2,1-4H3. The lowest BCUT2D eigenvalue weighted by Crippen LogP contribution is -2.42. The van der Waals surface area contributed by atoms with Crippen molar-refractivity contribution in [3.05, 3.63) is 14.7 Å². The van der Waals surface area contributed by atoms with E-state index in [1.807, 2.05) is 27.7 Å². The summed E-state index contributed by atoms with van der Waals surface area (Å²) in [4.78, 5) is 1.16. The zero-order valence-corrected chi connectivity index (χ0v) is 13.0. The fourth-order valence-corrected chi connectivity index (χ4v) is 5.09. The molecule has 0 fully saturated rings. The molecular formula is C10H16BrNO2S2. The van der Waals surface area contributed by atoms with Crippen LogP contribution in [-0.2, 0) is 10.0 Å². The lowest BCUT2D eigenvalue weighted by Gasteiger charge is -2.23. The summed E-state index contributed by atoms with van der Waals surface area (Å²) in [6, 6.07) is 1.65. The smallest absolute Gasteiger partial charge is 0.207 e. The lowest BCUT2D eigenvalue weighted by molar-refractivity contribution is 0.439. The van der Waals surface area contributed by atoms with Crippen LogP contribution < -0.4 is 4.72 Å². The molecule has 0 radical (unpaired) electrons. The molecule has 0 saturated heterocycles. The highest BCUT2D eigenvalue weighted by molar-refractivity contribution is 9.11. The molecule has 0 aromatic carbocycles. The van der Waals surface area contributed by atoms with E-state index >= 15 is 0 Å². The van der Waals surface area contributed by atoms with Crippen LogP contribution in [0.15, 0.2) is 14.7 Å². The number of aryl methyl sites for hydroxylation is 1. The Morgan fingerprint density at radius 3 is 2.44 bits per heavy atom. The summed E-state index contributed by atoms with van der Waals surface area (Å²) in [5.41, 5.74) is -0.417. The number of halogens is 1. The summed E-state index contributed by atoms with van der Waals surface area (Å²) in [5.74, 6) is 0. The Labute approximate surface area is 109 Å². The average molecular weight is 326 g/mol. The normalized spacial score (nSPS) is 13.1. The van der Waals surface area contributed by atoms with E-state index in [0.717, 1.165) is 15.1 Å². The van der Waals surface area contributed by atoms with Gasteiger partial charge in [0.25, 0.3) is 0 Å². The average Bonchev–Trinajstić information content (AvgIpc) is 2.44. The molecule has 1 rings (SSSR count). The molecule has 0 bridgehead atoms. The predicted molar refractivity (Wildman–Crippen MR) is 71.4 cm³/mol. The fraction of sp³-hybridized carbons (Fsp3) is 0.600. The largest absolute Gasteiger partial charge is 0.242 e. The minimum absolute atomic E-state index is 0.367.